The second-order valence-electron chi connectivity index (χ2n) is 8.72. The van der Waals surface area contributed by atoms with Gasteiger partial charge < -0.3 is 9.47 Å². The summed E-state index contributed by atoms with van der Waals surface area (Å²) < 4.78 is 13.6. The van der Waals surface area contributed by atoms with E-state index in [9.17, 15) is 0 Å². The molecule has 4 aromatic rings. The molecule has 190 valence electrons. The average molecular weight is 491 g/mol. The van der Waals surface area contributed by atoms with E-state index in [2.05, 4.69) is 63.7 Å². The van der Waals surface area contributed by atoms with Gasteiger partial charge in [-0.2, -0.15) is 0 Å². The molecule has 0 saturated carbocycles. The Morgan fingerprint density at radius 3 is 2.44 bits per heavy atom. The van der Waals surface area contributed by atoms with E-state index in [0.717, 1.165) is 60.3 Å². The molecule has 3 aromatic heterocycles. The van der Waals surface area contributed by atoms with Gasteiger partial charge >= 0.3 is 0 Å². The molecule has 0 atom stereocenters. The molecule has 0 bridgehead atoms. The molecule has 36 heavy (non-hydrogen) atoms. The van der Waals surface area contributed by atoms with Crippen molar-refractivity contribution >= 4 is 0 Å². The zero-order valence-electron chi connectivity index (χ0n) is 21.4. The fourth-order valence-electron chi connectivity index (χ4n) is 4.21. The summed E-state index contributed by atoms with van der Waals surface area (Å²) in [6, 6.07) is 12.1. The molecule has 0 radical (unpaired) electrons. The van der Waals surface area contributed by atoms with Gasteiger partial charge in [-0.3, -0.25) is 4.98 Å². The molecule has 10 heteroatoms. The Balaban J connectivity index is 1.61. The fourth-order valence-corrected chi connectivity index (χ4v) is 4.21. The first-order chi connectivity index (χ1) is 17.6. The number of nitrogens with one attached hydrogen (secondary N) is 1. The second-order valence-corrected chi connectivity index (χ2v) is 8.72. The number of methoxy groups -OCH3 is 2. The van der Waals surface area contributed by atoms with Gasteiger partial charge in [0.25, 0.3) is 0 Å². The van der Waals surface area contributed by atoms with E-state index in [0.29, 0.717) is 24.6 Å². The summed E-state index contributed by atoms with van der Waals surface area (Å²) in [5, 5.41) is 19.1. The summed E-state index contributed by atoms with van der Waals surface area (Å²) in [6.45, 7) is 4.93. The maximum absolute atomic E-state index is 5.82. The summed E-state index contributed by atoms with van der Waals surface area (Å²) in [5.41, 5.74) is 3.75. The van der Waals surface area contributed by atoms with Crippen LogP contribution in [-0.2, 0) is 28.2 Å². The van der Waals surface area contributed by atoms with Crippen LogP contribution in [0.1, 0.15) is 63.2 Å². The number of nitrogens with zero attached hydrogens (tertiary/aromatic N) is 7. The third-order valence-corrected chi connectivity index (χ3v) is 6.33. The number of benzene rings is 1. The molecule has 0 unspecified atom stereocenters. The van der Waals surface area contributed by atoms with Crippen LogP contribution >= 0.6 is 0 Å². The minimum absolute atomic E-state index is 0.584. The number of tetrazole rings is 1. The van der Waals surface area contributed by atoms with E-state index in [1.54, 1.807) is 20.4 Å². The van der Waals surface area contributed by atoms with Gasteiger partial charge in [0.1, 0.15) is 5.82 Å². The number of ether oxygens (including phenoxy) is 2. The van der Waals surface area contributed by atoms with Crippen molar-refractivity contribution in [2.45, 2.75) is 64.7 Å². The molecule has 1 aromatic carbocycles. The Kier molecular flexibility index (Phi) is 8.50. The van der Waals surface area contributed by atoms with Crippen LogP contribution < -0.4 is 0 Å². The molecule has 1 N–H and O–H groups in total. The summed E-state index contributed by atoms with van der Waals surface area (Å²) in [4.78, 5) is 9.45. The number of unbranched alkanes of at least 4 members (excludes halogenated alkanes) is 2. The number of rotatable bonds is 13. The van der Waals surface area contributed by atoms with Crippen molar-refractivity contribution in [1.82, 2.24) is 40.4 Å². The summed E-state index contributed by atoms with van der Waals surface area (Å²) >= 11 is 0. The van der Waals surface area contributed by atoms with Crippen LogP contribution in [0.15, 0.2) is 42.6 Å². The average Bonchev–Trinajstić information content (AvgIpc) is 3.60. The quantitative estimate of drug-likeness (QED) is 0.271. The maximum atomic E-state index is 5.82. The van der Waals surface area contributed by atoms with Gasteiger partial charge in [-0.15, -0.1) is 10.2 Å². The lowest BCUT2D eigenvalue weighted by Crippen LogP contribution is -2.32. The number of pyridine rings is 1. The third-order valence-electron chi connectivity index (χ3n) is 6.33. The monoisotopic (exact) mass is 490 g/mol. The molecule has 3 heterocycles. The highest BCUT2D eigenvalue weighted by atomic mass is 16.7. The molecular formula is C26H34N8O2. The highest BCUT2D eigenvalue weighted by Crippen LogP contribution is 2.31. The number of hydrogen-bond acceptors (Lipinski definition) is 8. The smallest absolute Gasteiger partial charge is 0.231 e. The Morgan fingerprint density at radius 2 is 1.78 bits per heavy atom. The zero-order chi connectivity index (χ0) is 25.4. The van der Waals surface area contributed by atoms with Gasteiger partial charge in [-0.05, 0) is 41.0 Å². The minimum Gasteiger partial charge on any atom is -0.347 e. The van der Waals surface area contributed by atoms with E-state index in [-0.39, 0.29) is 0 Å². The van der Waals surface area contributed by atoms with Crippen molar-refractivity contribution in [3.05, 3.63) is 59.8 Å². The number of aromatic amines is 1. The molecule has 0 saturated heterocycles. The van der Waals surface area contributed by atoms with Crippen molar-refractivity contribution < 1.29 is 9.47 Å². The van der Waals surface area contributed by atoms with Crippen LogP contribution in [0.5, 0.6) is 0 Å². The largest absolute Gasteiger partial charge is 0.347 e. The molecular weight excluding hydrogens is 456 g/mol. The van der Waals surface area contributed by atoms with Gasteiger partial charge in [0.15, 0.2) is 5.82 Å². The van der Waals surface area contributed by atoms with E-state index >= 15 is 0 Å². The van der Waals surface area contributed by atoms with E-state index < -0.39 is 5.79 Å². The Labute approximate surface area is 211 Å². The molecule has 0 amide bonds. The number of hydrogen-bond donors (Lipinski definition) is 1. The van der Waals surface area contributed by atoms with Crippen molar-refractivity contribution in [2.24, 2.45) is 0 Å². The second kappa shape index (κ2) is 12.0. The van der Waals surface area contributed by atoms with E-state index in [1.807, 2.05) is 16.8 Å². The van der Waals surface area contributed by atoms with Crippen molar-refractivity contribution in [1.29, 1.82) is 0 Å². The van der Waals surface area contributed by atoms with E-state index in [1.165, 1.54) is 0 Å². The van der Waals surface area contributed by atoms with Crippen LogP contribution in [0.2, 0.25) is 0 Å². The third kappa shape index (κ3) is 5.50. The summed E-state index contributed by atoms with van der Waals surface area (Å²) in [6.07, 6.45) is 7.44. The molecule has 0 aliphatic rings. The van der Waals surface area contributed by atoms with Gasteiger partial charge in [0, 0.05) is 44.4 Å². The number of H-pyrrole nitrogens is 1. The van der Waals surface area contributed by atoms with Gasteiger partial charge in [-0.25, -0.2) is 14.8 Å². The van der Waals surface area contributed by atoms with Gasteiger partial charge in [-0.1, -0.05) is 51.0 Å². The molecule has 4 rings (SSSR count). The SMILES string of the molecule is CCCCc1nc(C(CCCC)(OC)OC)nn1Cc1ccc(-c2ncccc2-c2nnn[nH]2)cc1. The highest BCUT2D eigenvalue weighted by Gasteiger charge is 2.37. The standard InChI is InChI=1S/C26H34N8O2/c1-5-7-11-22-28-25(26(35-3,36-4)16-8-6-2)31-34(22)18-19-12-14-20(15-13-19)23-21(10-9-17-27-23)24-29-32-33-30-24/h9-10,12-15,17H,5-8,11,16,18H2,1-4H3,(H,29,30,32,33). The van der Waals surface area contributed by atoms with Gasteiger partial charge in [0.05, 0.1) is 12.2 Å². The van der Waals surface area contributed by atoms with Crippen molar-refractivity contribution in [3.63, 3.8) is 0 Å². The predicted molar refractivity (Wildman–Crippen MR) is 136 cm³/mol. The van der Waals surface area contributed by atoms with Crippen LogP contribution in [0.25, 0.3) is 22.6 Å². The first-order valence-corrected chi connectivity index (χ1v) is 12.5. The maximum Gasteiger partial charge on any atom is 0.231 e. The normalized spacial score (nSPS) is 11.8. The fraction of sp³-hybridized carbons (Fsp3) is 0.462. The number of aryl methyl sites for hydroxylation is 1. The molecule has 0 spiro atoms. The molecule has 0 fully saturated rings. The Hall–Kier alpha value is -3.50. The first kappa shape index (κ1) is 25.6. The lowest BCUT2D eigenvalue weighted by molar-refractivity contribution is -0.226. The lowest BCUT2D eigenvalue weighted by Gasteiger charge is -2.27. The topological polar surface area (TPSA) is 117 Å². The molecule has 0 aliphatic heterocycles. The van der Waals surface area contributed by atoms with Crippen molar-refractivity contribution in [3.8, 4) is 22.6 Å². The van der Waals surface area contributed by atoms with Crippen LogP contribution in [0.4, 0.5) is 0 Å². The summed E-state index contributed by atoms with van der Waals surface area (Å²) in [7, 11) is 3.32. The highest BCUT2D eigenvalue weighted by molar-refractivity contribution is 5.76. The van der Waals surface area contributed by atoms with Crippen LogP contribution in [-0.4, -0.2) is 54.6 Å². The zero-order valence-corrected chi connectivity index (χ0v) is 21.4. The Morgan fingerprint density at radius 1 is 1.00 bits per heavy atom. The predicted octanol–water partition coefficient (Wildman–Crippen LogP) is 4.55. The Bertz CT molecular complexity index is 1220. The molecule has 10 nitrogen and oxygen atoms in total. The van der Waals surface area contributed by atoms with Crippen LogP contribution in [0.3, 0.4) is 0 Å². The lowest BCUT2D eigenvalue weighted by atomic mass is 10.0. The summed E-state index contributed by atoms with van der Waals surface area (Å²) in [5.74, 6) is 1.18. The minimum atomic E-state index is -0.934. The first-order valence-electron chi connectivity index (χ1n) is 12.5. The van der Waals surface area contributed by atoms with Crippen LogP contribution in [0, 0.1) is 0 Å². The van der Waals surface area contributed by atoms with E-state index in [4.69, 9.17) is 19.6 Å². The van der Waals surface area contributed by atoms with Gasteiger partial charge in [0.2, 0.25) is 11.6 Å². The molecule has 0 aliphatic carbocycles. The number of aromatic nitrogens is 8. The van der Waals surface area contributed by atoms with Crippen molar-refractivity contribution in [2.75, 3.05) is 14.2 Å².